The second kappa shape index (κ2) is 6.22. The molecule has 0 aliphatic heterocycles. The number of aldehydes is 1. The number of aromatic amines is 1. The van der Waals surface area contributed by atoms with Crippen LogP contribution in [-0.2, 0) is 6.54 Å². The van der Waals surface area contributed by atoms with Gasteiger partial charge in [-0.15, -0.1) is 0 Å². The molecule has 1 aromatic carbocycles. The van der Waals surface area contributed by atoms with Crippen LogP contribution >= 0.6 is 0 Å². The fraction of sp³-hybridized carbons (Fsp3) is 0.133. The molecule has 0 aliphatic rings. The number of nitrogens with zero attached hydrogens (tertiary/aromatic N) is 3. The lowest BCUT2D eigenvalue weighted by atomic mass is 10.2. The van der Waals surface area contributed by atoms with Gasteiger partial charge in [0.25, 0.3) is 5.56 Å². The summed E-state index contributed by atoms with van der Waals surface area (Å²) in [6, 6.07) is 7.03. The van der Waals surface area contributed by atoms with E-state index in [-0.39, 0.29) is 16.7 Å². The van der Waals surface area contributed by atoms with Gasteiger partial charge in [0, 0.05) is 18.3 Å². The molecule has 3 aromatic rings. The van der Waals surface area contributed by atoms with E-state index in [4.69, 9.17) is 0 Å². The van der Waals surface area contributed by atoms with Gasteiger partial charge in [-0.05, 0) is 24.3 Å². The predicted molar refractivity (Wildman–Crippen MR) is 86.7 cm³/mol. The Kier molecular flexibility index (Phi) is 3.96. The summed E-state index contributed by atoms with van der Waals surface area (Å²) in [5, 5.41) is 5.91. The quantitative estimate of drug-likeness (QED) is 0.606. The fourth-order valence-electron chi connectivity index (χ4n) is 2.03. The second-order valence-corrected chi connectivity index (χ2v) is 4.79. The van der Waals surface area contributed by atoms with Crippen LogP contribution in [0.5, 0.6) is 0 Å². The van der Waals surface area contributed by atoms with E-state index >= 15 is 0 Å². The number of benzene rings is 1. The van der Waals surface area contributed by atoms with Gasteiger partial charge in [0.15, 0.2) is 11.2 Å². The van der Waals surface area contributed by atoms with Gasteiger partial charge in [-0.2, -0.15) is 4.98 Å². The summed E-state index contributed by atoms with van der Waals surface area (Å²) in [6.07, 6.45) is 2.36. The molecule has 3 N–H and O–H groups in total. The highest BCUT2D eigenvalue weighted by atomic mass is 16.1. The van der Waals surface area contributed by atoms with Gasteiger partial charge in [-0.1, -0.05) is 0 Å². The second-order valence-electron chi connectivity index (χ2n) is 4.79. The zero-order chi connectivity index (χ0) is 16.2. The summed E-state index contributed by atoms with van der Waals surface area (Å²) < 4.78 is 0. The smallest absolute Gasteiger partial charge is 0.280 e. The number of nitrogens with one attached hydrogen (secondary N) is 3. The zero-order valence-electron chi connectivity index (χ0n) is 12.3. The van der Waals surface area contributed by atoms with Crippen LogP contribution in [0.1, 0.15) is 16.1 Å². The van der Waals surface area contributed by atoms with E-state index in [0.29, 0.717) is 23.8 Å². The largest absolute Gasteiger partial charge is 0.379 e. The van der Waals surface area contributed by atoms with Gasteiger partial charge >= 0.3 is 0 Å². The molecule has 0 unspecified atom stereocenters. The molecule has 0 saturated heterocycles. The molecule has 2 aromatic heterocycles. The lowest BCUT2D eigenvalue weighted by Crippen LogP contribution is -2.15. The van der Waals surface area contributed by atoms with E-state index in [1.165, 1.54) is 0 Å². The average molecular weight is 310 g/mol. The third kappa shape index (κ3) is 3.15. The first-order valence-electron chi connectivity index (χ1n) is 6.92. The Morgan fingerprint density at radius 1 is 1.22 bits per heavy atom. The van der Waals surface area contributed by atoms with Crippen LogP contribution in [0, 0.1) is 0 Å². The minimum atomic E-state index is -0.343. The van der Waals surface area contributed by atoms with Crippen molar-refractivity contribution in [2.45, 2.75) is 6.54 Å². The molecular formula is C15H14N6O2. The van der Waals surface area contributed by atoms with Gasteiger partial charge in [-0.25, -0.2) is 9.97 Å². The monoisotopic (exact) mass is 310 g/mol. The zero-order valence-corrected chi connectivity index (χ0v) is 12.3. The summed E-state index contributed by atoms with van der Waals surface area (Å²) in [6.45, 7) is 0.399. The molecule has 0 fully saturated rings. The summed E-state index contributed by atoms with van der Waals surface area (Å²) >= 11 is 0. The van der Waals surface area contributed by atoms with Crippen LogP contribution in [0.25, 0.3) is 11.2 Å². The van der Waals surface area contributed by atoms with Crippen LogP contribution < -0.4 is 16.2 Å². The minimum Gasteiger partial charge on any atom is -0.379 e. The SMILES string of the molecule is CNc1nc2ncc(CNc3ccc(C=O)cc3)nc2c(=O)[nH]1. The first kappa shape index (κ1) is 14.6. The highest BCUT2D eigenvalue weighted by molar-refractivity contribution is 5.75. The number of carbonyl (C=O) groups is 1. The molecule has 3 rings (SSSR count). The number of rotatable bonds is 5. The van der Waals surface area contributed by atoms with Crippen molar-refractivity contribution in [3.05, 3.63) is 52.1 Å². The lowest BCUT2D eigenvalue weighted by molar-refractivity contribution is 0.112. The Labute approximate surface area is 131 Å². The molecule has 0 aliphatic carbocycles. The number of fused-ring (bicyclic) bond motifs is 1. The van der Waals surface area contributed by atoms with Gasteiger partial charge in [0.05, 0.1) is 18.4 Å². The number of hydrogen-bond donors (Lipinski definition) is 3. The average Bonchev–Trinajstić information content (AvgIpc) is 2.60. The Morgan fingerprint density at radius 2 is 2.00 bits per heavy atom. The number of H-pyrrole nitrogens is 1. The fourth-order valence-corrected chi connectivity index (χ4v) is 2.03. The molecule has 0 atom stereocenters. The van der Waals surface area contributed by atoms with Crippen molar-refractivity contribution < 1.29 is 4.79 Å². The van der Waals surface area contributed by atoms with E-state index in [2.05, 4.69) is 30.6 Å². The van der Waals surface area contributed by atoms with Crippen molar-refractivity contribution in [2.24, 2.45) is 0 Å². The Bertz CT molecular complexity index is 904. The number of aromatic nitrogens is 4. The first-order valence-corrected chi connectivity index (χ1v) is 6.92. The van der Waals surface area contributed by atoms with Gasteiger partial charge < -0.3 is 10.6 Å². The standard InChI is InChI=1S/C15H14N6O2/c1-16-15-20-13-12(14(23)21-15)19-11(7-18-13)6-17-10-4-2-9(8-22)3-5-10/h2-5,7-8,17H,6H2,1H3,(H2,16,18,20,21,23). The highest BCUT2D eigenvalue weighted by Crippen LogP contribution is 2.10. The molecule has 116 valence electrons. The Balaban J connectivity index is 1.81. The van der Waals surface area contributed by atoms with E-state index < -0.39 is 0 Å². The lowest BCUT2D eigenvalue weighted by Gasteiger charge is -2.07. The predicted octanol–water partition coefficient (Wildman–Crippen LogP) is 1.18. The number of hydrogen-bond acceptors (Lipinski definition) is 7. The molecule has 0 radical (unpaired) electrons. The number of anilines is 2. The maximum atomic E-state index is 12.0. The third-order valence-electron chi connectivity index (χ3n) is 3.22. The van der Waals surface area contributed by atoms with Crippen LogP contribution in [0.3, 0.4) is 0 Å². The van der Waals surface area contributed by atoms with Crippen molar-refractivity contribution in [2.75, 3.05) is 17.7 Å². The molecule has 0 bridgehead atoms. The highest BCUT2D eigenvalue weighted by Gasteiger charge is 2.07. The maximum absolute atomic E-state index is 12.0. The van der Waals surface area contributed by atoms with Crippen molar-refractivity contribution in [3.8, 4) is 0 Å². The van der Waals surface area contributed by atoms with Crippen molar-refractivity contribution in [1.82, 2.24) is 19.9 Å². The van der Waals surface area contributed by atoms with E-state index in [1.807, 2.05) is 0 Å². The van der Waals surface area contributed by atoms with Crippen LogP contribution in [0.2, 0.25) is 0 Å². The van der Waals surface area contributed by atoms with E-state index in [0.717, 1.165) is 12.0 Å². The number of carbonyl (C=O) groups excluding carboxylic acids is 1. The van der Waals surface area contributed by atoms with Crippen LogP contribution in [0.4, 0.5) is 11.6 Å². The van der Waals surface area contributed by atoms with Crippen molar-refractivity contribution in [3.63, 3.8) is 0 Å². The summed E-state index contributed by atoms with van der Waals surface area (Å²) in [5.41, 5.74) is 2.20. The minimum absolute atomic E-state index is 0.194. The first-order chi connectivity index (χ1) is 11.2. The van der Waals surface area contributed by atoms with Gasteiger partial charge in [0.2, 0.25) is 5.95 Å². The molecule has 23 heavy (non-hydrogen) atoms. The molecular weight excluding hydrogens is 296 g/mol. The molecule has 8 heteroatoms. The molecule has 0 spiro atoms. The third-order valence-corrected chi connectivity index (χ3v) is 3.22. The topological polar surface area (TPSA) is 113 Å². The van der Waals surface area contributed by atoms with Gasteiger partial charge in [0.1, 0.15) is 6.29 Å². The van der Waals surface area contributed by atoms with Crippen molar-refractivity contribution in [1.29, 1.82) is 0 Å². The summed E-state index contributed by atoms with van der Waals surface area (Å²) in [5.74, 6) is 0.345. The summed E-state index contributed by atoms with van der Waals surface area (Å²) in [7, 11) is 1.66. The molecule has 0 saturated carbocycles. The maximum Gasteiger partial charge on any atom is 0.280 e. The van der Waals surface area contributed by atoms with Crippen molar-refractivity contribution >= 4 is 29.1 Å². The van der Waals surface area contributed by atoms with Gasteiger partial charge in [-0.3, -0.25) is 14.6 Å². The molecule has 8 nitrogen and oxygen atoms in total. The normalized spacial score (nSPS) is 10.5. The van der Waals surface area contributed by atoms with E-state index in [1.54, 1.807) is 37.5 Å². The van der Waals surface area contributed by atoms with Crippen LogP contribution in [-0.4, -0.2) is 33.3 Å². The van der Waals surface area contributed by atoms with Crippen LogP contribution in [0.15, 0.2) is 35.3 Å². The molecule has 0 amide bonds. The Hall–Kier alpha value is -3.29. The Morgan fingerprint density at radius 3 is 2.70 bits per heavy atom. The summed E-state index contributed by atoms with van der Waals surface area (Å²) in [4.78, 5) is 37.8. The molecule has 2 heterocycles. The van der Waals surface area contributed by atoms with E-state index in [9.17, 15) is 9.59 Å².